The van der Waals surface area contributed by atoms with Gasteiger partial charge in [0.1, 0.15) is 5.71 Å². The maximum Gasteiger partial charge on any atom is 0.418 e. The van der Waals surface area contributed by atoms with Gasteiger partial charge >= 0.3 is 12.2 Å². The lowest BCUT2D eigenvalue weighted by atomic mass is 10.1. The van der Waals surface area contributed by atoms with Crippen LogP contribution >= 0.6 is 0 Å². The Labute approximate surface area is 159 Å². The quantitative estimate of drug-likeness (QED) is 0.844. The molecule has 3 rings (SSSR count). The predicted molar refractivity (Wildman–Crippen MR) is 99.1 cm³/mol. The molecule has 6 nitrogen and oxygen atoms in total. The molecule has 1 atom stereocenters. The van der Waals surface area contributed by atoms with Crippen molar-refractivity contribution >= 4 is 29.0 Å². The molecule has 2 aromatic rings. The Balaban J connectivity index is 1.86. The molecule has 1 aliphatic rings. The molecule has 9 heteroatoms. The highest BCUT2D eigenvalue weighted by molar-refractivity contribution is 6.48. The number of alkyl halides is 3. The van der Waals surface area contributed by atoms with Crippen LogP contribution in [0.4, 0.5) is 29.3 Å². The number of anilines is 2. The van der Waals surface area contributed by atoms with Crippen LogP contribution in [0.1, 0.15) is 12.5 Å². The number of aliphatic imine (C=N–C) groups is 1. The van der Waals surface area contributed by atoms with Gasteiger partial charge in [-0.1, -0.05) is 30.3 Å². The summed E-state index contributed by atoms with van der Waals surface area (Å²) in [6.07, 6.45) is -4.63. The van der Waals surface area contributed by atoms with Gasteiger partial charge in [-0.05, 0) is 31.2 Å². The van der Waals surface area contributed by atoms with Gasteiger partial charge in [0.2, 0.25) is 0 Å². The molecule has 1 aliphatic heterocycles. The lowest BCUT2D eigenvalue weighted by Gasteiger charge is -2.25. The Bertz CT molecular complexity index is 928. The number of benzene rings is 2. The largest absolute Gasteiger partial charge is 0.418 e. The smallest absolute Gasteiger partial charge is 0.305 e. The average molecular weight is 390 g/mol. The number of nitrogens with one attached hydrogen (secondary N) is 1. The first kappa shape index (κ1) is 19.6. The molecule has 1 saturated heterocycles. The van der Waals surface area contributed by atoms with E-state index in [0.29, 0.717) is 5.69 Å². The van der Waals surface area contributed by atoms with Crippen LogP contribution in [-0.4, -0.2) is 35.7 Å². The first-order chi connectivity index (χ1) is 13.2. The van der Waals surface area contributed by atoms with E-state index in [4.69, 9.17) is 0 Å². The van der Waals surface area contributed by atoms with Gasteiger partial charge in [0.05, 0.1) is 23.0 Å². The van der Waals surface area contributed by atoms with E-state index in [9.17, 15) is 22.8 Å². The van der Waals surface area contributed by atoms with Crippen molar-refractivity contribution in [1.82, 2.24) is 5.01 Å². The van der Waals surface area contributed by atoms with Crippen molar-refractivity contribution in [2.45, 2.75) is 19.1 Å². The summed E-state index contributed by atoms with van der Waals surface area (Å²) in [7, 11) is 1.66. The molecule has 146 valence electrons. The molecule has 0 saturated carbocycles. The summed E-state index contributed by atoms with van der Waals surface area (Å²) >= 11 is 0. The summed E-state index contributed by atoms with van der Waals surface area (Å²) in [5.74, 6) is -0.513. The minimum atomic E-state index is -4.63. The van der Waals surface area contributed by atoms with Crippen LogP contribution in [0.25, 0.3) is 0 Å². The summed E-state index contributed by atoms with van der Waals surface area (Å²) in [4.78, 5) is 28.7. The minimum Gasteiger partial charge on any atom is -0.305 e. The highest BCUT2D eigenvalue weighted by Crippen LogP contribution is 2.34. The number of urea groups is 1. The molecule has 1 heterocycles. The fraction of sp³-hybridized carbons (Fsp3) is 0.211. The monoisotopic (exact) mass is 390 g/mol. The molecular formula is C19H17F3N4O2. The van der Waals surface area contributed by atoms with Crippen LogP contribution in [0.5, 0.6) is 0 Å². The van der Waals surface area contributed by atoms with E-state index in [2.05, 4.69) is 10.3 Å². The van der Waals surface area contributed by atoms with E-state index >= 15 is 0 Å². The van der Waals surface area contributed by atoms with Crippen LogP contribution in [-0.2, 0) is 11.0 Å². The number of carbonyl (C=O) groups is 2. The third-order valence-corrected chi connectivity index (χ3v) is 4.38. The van der Waals surface area contributed by atoms with Gasteiger partial charge in [-0.25, -0.2) is 14.8 Å². The van der Waals surface area contributed by atoms with E-state index in [1.807, 2.05) is 0 Å². The molecule has 0 radical (unpaired) electrons. The summed E-state index contributed by atoms with van der Waals surface area (Å²) in [6.45, 7) is 1.68. The minimum absolute atomic E-state index is 0.0617. The van der Waals surface area contributed by atoms with E-state index in [1.54, 1.807) is 49.3 Å². The zero-order valence-electron chi connectivity index (χ0n) is 15.1. The first-order valence-electron chi connectivity index (χ1n) is 8.38. The van der Waals surface area contributed by atoms with Crippen molar-refractivity contribution in [3.8, 4) is 0 Å². The number of halogens is 3. The summed E-state index contributed by atoms with van der Waals surface area (Å²) in [5.41, 5.74) is -0.878. The van der Waals surface area contributed by atoms with E-state index in [1.165, 1.54) is 17.1 Å². The normalized spacial score (nSPS) is 19.3. The van der Waals surface area contributed by atoms with Crippen LogP contribution in [0.3, 0.4) is 0 Å². The average Bonchev–Trinajstić information content (AvgIpc) is 2.85. The SMILES string of the molecule is CC1C(=NC(=O)Nc2ccccc2C(F)(F)F)C(=O)N(c2ccccc2)N1C. The number of hydrogen-bond acceptors (Lipinski definition) is 3. The fourth-order valence-electron chi connectivity index (χ4n) is 2.88. The van der Waals surface area contributed by atoms with E-state index < -0.39 is 35.4 Å². The maximum atomic E-state index is 13.1. The second kappa shape index (κ2) is 7.43. The Kier molecular flexibility index (Phi) is 5.19. The highest BCUT2D eigenvalue weighted by atomic mass is 19.4. The molecular weight excluding hydrogens is 373 g/mol. The van der Waals surface area contributed by atoms with Gasteiger partial charge in [-0.15, -0.1) is 0 Å². The Hall–Kier alpha value is -3.20. The zero-order valence-corrected chi connectivity index (χ0v) is 15.1. The van der Waals surface area contributed by atoms with Crippen molar-refractivity contribution in [1.29, 1.82) is 0 Å². The van der Waals surface area contributed by atoms with Gasteiger partial charge in [0.15, 0.2) is 0 Å². The Morgan fingerprint density at radius 2 is 1.68 bits per heavy atom. The highest BCUT2D eigenvalue weighted by Gasteiger charge is 2.40. The van der Waals surface area contributed by atoms with E-state index in [0.717, 1.165) is 12.1 Å². The predicted octanol–water partition coefficient (Wildman–Crippen LogP) is 3.96. The molecule has 28 heavy (non-hydrogen) atoms. The number of amides is 3. The number of hydrogen-bond donors (Lipinski definition) is 1. The van der Waals surface area contributed by atoms with Gasteiger partial charge in [0.25, 0.3) is 5.91 Å². The molecule has 2 aromatic carbocycles. The number of para-hydroxylation sites is 2. The molecule has 0 aliphatic carbocycles. The second-order valence-electron chi connectivity index (χ2n) is 6.17. The van der Waals surface area contributed by atoms with Gasteiger partial charge in [-0.2, -0.15) is 18.2 Å². The van der Waals surface area contributed by atoms with Crippen molar-refractivity contribution in [3.05, 3.63) is 60.2 Å². The molecule has 1 N–H and O–H groups in total. The van der Waals surface area contributed by atoms with Crippen molar-refractivity contribution in [2.24, 2.45) is 4.99 Å². The molecule has 0 bridgehead atoms. The molecule has 1 unspecified atom stereocenters. The molecule has 0 spiro atoms. The summed E-state index contributed by atoms with van der Waals surface area (Å²) in [5, 5.41) is 5.08. The second-order valence-corrected chi connectivity index (χ2v) is 6.17. The zero-order chi connectivity index (χ0) is 20.5. The van der Waals surface area contributed by atoms with Gasteiger partial charge in [0, 0.05) is 7.05 Å². The van der Waals surface area contributed by atoms with Crippen LogP contribution in [0, 0.1) is 0 Å². The third kappa shape index (κ3) is 3.74. The van der Waals surface area contributed by atoms with Crippen molar-refractivity contribution in [2.75, 3.05) is 17.4 Å². The van der Waals surface area contributed by atoms with Crippen LogP contribution in [0.15, 0.2) is 59.6 Å². The fourth-order valence-corrected chi connectivity index (χ4v) is 2.88. The topological polar surface area (TPSA) is 65.0 Å². The third-order valence-electron chi connectivity index (χ3n) is 4.38. The summed E-state index contributed by atoms with van der Waals surface area (Å²) < 4.78 is 39.2. The number of rotatable bonds is 2. The van der Waals surface area contributed by atoms with E-state index in [-0.39, 0.29) is 5.71 Å². The Morgan fingerprint density at radius 3 is 2.32 bits per heavy atom. The number of carbonyl (C=O) groups excluding carboxylic acids is 2. The van der Waals surface area contributed by atoms with Crippen LogP contribution < -0.4 is 10.3 Å². The maximum absolute atomic E-state index is 13.1. The van der Waals surface area contributed by atoms with Crippen molar-refractivity contribution in [3.63, 3.8) is 0 Å². The van der Waals surface area contributed by atoms with Gasteiger partial charge in [-0.3, -0.25) is 4.79 Å². The number of hydrazine groups is 1. The molecule has 1 fully saturated rings. The molecule has 3 amide bonds. The summed E-state index contributed by atoms with van der Waals surface area (Å²) in [6, 6.07) is 11.8. The first-order valence-corrected chi connectivity index (χ1v) is 8.38. The molecule has 0 aromatic heterocycles. The standard InChI is InChI=1S/C19H17F3N4O2/c1-12-16(17(27)26(25(12)2)13-8-4-3-5-9-13)24-18(28)23-15-11-7-6-10-14(15)19(20,21)22/h3-12H,1-2H3,(H,23,28). The van der Waals surface area contributed by atoms with Crippen LogP contribution in [0.2, 0.25) is 0 Å². The van der Waals surface area contributed by atoms with Crippen molar-refractivity contribution < 1.29 is 22.8 Å². The lowest BCUT2D eigenvalue weighted by molar-refractivity contribution is -0.136. The number of nitrogens with zero attached hydrogens (tertiary/aromatic N) is 3. The lowest BCUT2D eigenvalue weighted by Crippen LogP contribution is -2.38. The Morgan fingerprint density at radius 1 is 1.07 bits per heavy atom. The van der Waals surface area contributed by atoms with Gasteiger partial charge < -0.3 is 5.32 Å².